The Morgan fingerprint density at radius 3 is 2.33 bits per heavy atom. The van der Waals surface area contributed by atoms with Crippen molar-refractivity contribution >= 4 is 23.2 Å². The lowest BCUT2D eigenvalue weighted by Crippen LogP contribution is -2.22. The number of carbonyl (C=O) groups is 2. The molecule has 1 aliphatic carbocycles. The molecule has 138 valence electrons. The predicted octanol–water partition coefficient (Wildman–Crippen LogP) is 4.07. The lowest BCUT2D eigenvalue weighted by molar-refractivity contribution is -0.122. The maximum atomic E-state index is 12.6. The molecule has 0 aliphatic heterocycles. The molecule has 1 fully saturated rings. The zero-order valence-electron chi connectivity index (χ0n) is 15.7. The summed E-state index contributed by atoms with van der Waals surface area (Å²) in [7, 11) is 0. The number of para-hydroxylation sites is 1. The Morgan fingerprint density at radius 1 is 1.00 bits per heavy atom. The van der Waals surface area contributed by atoms with Gasteiger partial charge in [-0.25, -0.2) is 0 Å². The number of carbonyl (C=O) groups excluding carboxylic acids is 2. The Bertz CT molecular complexity index is 922. The molecule has 2 N–H and O–H groups in total. The van der Waals surface area contributed by atoms with Gasteiger partial charge < -0.3 is 10.6 Å². The van der Waals surface area contributed by atoms with Crippen molar-refractivity contribution < 1.29 is 9.59 Å². The minimum Gasteiger partial charge on any atom is -0.326 e. The molecule has 0 aromatic heterocycles. The van der Waals surface area contributed by atoms with E-state index in [9.17, 15) is 9.59 Å². The maximum absolute atomic E-state index is 12.6. The van der Waals surface area contributed by atoms with Crippen LogP contribution in [0.5, 0.6) is 0 Å². The van der Waals surface area contributed by atoms with E-state index in [0.717, 1.165) is 11.3 Å². The fourth-order valence-corrected chi connectivity index (χ4v) is 3.15. The van der Waals surface area contributed by atoms with Crippen molar-refractivity contribution in [3.63, 3.8) is 0 Å². The van der Waals surface area contributed by atoms with Crippen molar-refractivity contribution in [2.24, 2.45) is 11.8 Å². The first-order valence-corrected chi connectivity index (χ1v) is 9.01. The summed E-state index contributed by atoms with van der Waals surface area (Å²) in [6.07, 6.45) is 0.535. The minimum absolute atomic E-state index is 0.0873. The van der Waals surface area contributed by atoms with Crippen LogP contribution in [-0.4, -0.2) is 11.8 Å². The summed E-state index contributed by atoms with van der Waals surface area (Å²) in [6, 6.07) is 16.5. The van der Waals surface area contributed by atoms with E-state index >= 15 is 0 Å². The first-order chi connectivity index (χ1) is 12.8. The van der Waals surface area contributed by atoms with Crippen LogP contribution in [0.2, 0.25) is 0 Å². The Hall–Kier alpha value is -3.13. The monoisotopic (exact) mass is 361 g/mol. The fourth-order valence-electron chi connectivity index (χ4n) is 3.15. The Balaban J connectivity index is 1.63. The van der Waals surface area contributed by atoms with Crippen LogP contribution in [0.15, 0.2) is 48.5 Å². The zero-order valence-corrected chi connectivity index (χ0v) is 15.7. The minimum atomic E-state index is -0.336. The highest BCUT2D eigenvalue weighted by Crippen LogP contribution is 2.41. The molecule has 3 rings (SSSR count). The van der Waals surface area contributed by atoms with Crippen molar-refractivity contribution in [1.82, 2.24) is 0 Å². The van der Waals surface area contributed by atoms with Crippen LogP contribution in [0.4, 0.5) is 11.4 Å². The molecule has 5 heteroatoms. The van der Waals surface area contributed by atoms with Gasteiger partial charge in [0.15, 0.2) is 0 Å². The van der Waals surface area contributed by atoms with E-state index in [1.165, 1.54) is 0 Å². The maximum Gasteiger partial charge on any atom is 0.228 e. The molecular formula is C22H23N3O2. The van der Waals surface area contributed by atoms with Gasteiger partial charge in [0.05, 0.1) is 23.5 Å². The molecule has 0 heterocycles. The third-order valence-electron chi connectivity index (χ3n) is 4.72. The molecule has 2 atom stereocenters. The molecule has 0 bridgehead atoms. The summed E-state index contributed by atoms with van der Waals surface area (Å²) in [5.41, 5.74) is 2.83. The van der Waals surface area contributed by atoms with Crippen molar-refractivity contribution in [3.8, 4) is 6.07 Å². The molecule has 2 aromatic rings. The molecular weight excluding hydrogens is 338 g/mol. The zero-order chi connectivity index (χ0) is 19.6. The summed E-state index contributed by atoms with van der Waals surface area (Å²) >= 11 is 0. The lowest BCUT2D eigenvalue weighted by Gasteiger charge is -2.23. The topological polar surface area (TPSA) is 82.0 Å². The summed E-state index contributed by atoms with van der Waals surface area (Å²) in [5, 5.41) is 14.7. The summed E-state index contributed by atoms with van der Waals surface area (Å²) in [4.78, 5) is 25.0. The molecule has 2 aromatic carbocycles. The van der Waals surface area contributed by atoms with Crippen molar-refractivity contribution in [2.75, 3.05) is 10.6 Å². The number of nitrogens with one attached hydrogen (secondary N) is 2. The van der Waals surface area contributed by atoms with Gasteiger partial charge in [0, 0.05) is 11.4 Å². The summed E-state index contributed by atoms with van der Waals surface area (Å²) in [6.45, 7) is 6.29. The third-order valence-corrected chi connectivity index (χ3v) is 4.72. The number of amides is 2. The second kappa shape index (κ2) is 7.24. The van der Waals surface area contributed by atoms with E-state index in [-0.39, 0.29) is 29.1 Å². The van der Waals surface area contributed by atoms with Gasteiger partial charge in [-0.2, -0.15) is 5.26 Å². The van der Waals surface area contributed by atoms with Crippen LogP contribution in [0.3, 0.4) is 0 Å². The average molecular weight is 361 g/mol. The summed E-state index contributed by atoms with van der Waals surface area (Å²) in [5.74, 6) is -0.971. The van der Waals surface area contributed by atoms with Gasteiger partial charge in [0.2, 0.25) is 11.8 Å². The number of anilines is 2. The van der Waals surface area contributed by atoms with Gasteiger partial charge >= 0.3 is 0 Å². The standard InChI is InChI=1S/C22H23N3O2/c1-22(2,3)18-9-4-5-10-19(18)25-21(27)17-12-16(17)20(26)24-15-8-6-7-14(11-15)13-23/h4-11,16-17H,12H2,1-3H3,(H,24,26)(H,25,27). The summed E-state index contributed by atoms with van der Waals surface area (Å²) < 4.78 is 0. The highest BCUT2D eigenvalue weighted by atomic mass is 16.2. The smallest absolute Gasteiger partial charge is 0.228 e. The molecule has 0 spiro atoms. The fraction of sp³-hybridized carbons (Fsp3) is 0.318. The number of hydrogen-bond donors (Lipinski definition) is 2. The van der Waals surface area contributed by atoms with Crippen LogP contribution >= 0.6 is 0 Å². The second-order valence-electron chi connectivity index (χ2n) is 7.92. The molecule has 2 amide bonds. The highest BCUT2D eigenvalue weighted by molar-refractivity contribution is 6.03. The van der Waals surface area contributed by atoms with Gasteiger partial charge in [0.25, 0.3) is 0 Å². The number of nitrogens with zero attached hydrogens (tertiary/aromatic N) is 1. The van der Waals surface area contributed by atoms with Crippen LogP contribution in [0.25, 0.3) is 0 Å². The van der Waals surface area contributed by atoms with Gasteiger partial charge in [-0.05, 0) is 41.7 Å². The molecule has 0 saturated heterocycles. The predicted molar refractivity (Wildman–Crippen MR) is 105 cm³/mol. The second-order valence-corrected chi connectivity index (χ2v) is 7.92. The van der Waals surface area contributed by atoms with Crippen LogP contribution in [-0.2, 0) is 15.0 Å². The molecule has 0 radical (unpaired) electrons. The van der Waals surface area contributed by atoms with E-state index in [0.29, 0.717) is 17.7 Å². The first kappa shape index (κ1) is 18.7. The van der Waals surface area contributed by atoms with E-state index in [2.05, 4.69) is 31.4 Å². The molecule has 1 aliphatic rings. The van der Waals surface area contributed by atoms with Gasteiger partial charge in [0.1, 0.15) is 0 Å². The van der Waals surface area contributed by atoms with E-state index in [1.54, 1.807) is 24.3 Å². The normalized spacial score (nSPS) is 18.3. The number of benzene rings is 2. The molecule has 27 heavy (non-hydrogen) atoms. The SMILES string of the molecule is CC(C)(C)c1ccccc1NC(=O)C1CC1C(=O)Nc1cccc(C#N)c1. The van der Waals surface area contributed by atoms with Crippen molar-refractivity contribution in [3.05, 3.63) is 59.7 Å². The third kappa shape index (κ3) is 4.35. The molecule has 5 nitrogen and oxygen atoms in total. The Kier molecular flexibility index (Phi) is 5.00. The van der Waals surface area contributed by atoms with Crippen LogP contribution < -0.4 is 10.6 Å². The van der Waals surface area contributed by atoms with Crippen molar-refractivity contribution in [2.45, 2.75) is 32.6 Å². The van der Waals surface area contributed by atoms with Crippen LogP contribution in [0, 0.1) is 23.2 Å². The van der Waals surface area contributed by atoms with Gasteiger partial charge in [-0.3, -0.25) is 9.59 Å². The number of rotatable bonds is 4. The highest BCUT2D eigenvalue weighted by Gasteiger charge is 2.48. The van der Waals surface area contributed by atoms with E-state index < -0.39 is 0 Å². The molecule has 1 saturated carbocycles. The molecule has 2 unspecified atom stereocenters. The lowest BCUT2D eigenvalue weighted by atomic mass is 9.86. The average Bonchev–Trinajstić information content (AvgIpc) is 3.42. The van der Waals surface area contributed by atoms with Crippen molar-refractivity contribution in [1.29, 1.82) is 5.26 Å². The van der Waals surface area contributed by atoms with Gasteiger partial charge in [-0.1, -0.05) is 45.0 Å². The Morgan fingerprint density at radius 2 is 1.67 bits per heavy atom. The van der Waals surface area contributed by atoms with Crippen LogP contribution in [0.1, 0.15) is 38.3 Å². The largest absolute Gasteiger partial charge is 0.326 e. The Labute approximate surface area is 159 Å². The first-order valence-electron chi connectivity index (χ1n) is 9.01. The van der Waals surface area contributed by atoms with Gasteiger partial charge in [-0.15, -0.1) is 0 Å². The quantitative estimate of drug-likeness (QED) is 0.861. The number of nitriles is 1. The number of hydrogen-bond acceptors (Lipinski definition) is 3. The van der Waals surface area contributed by atoms with E-state index in [1.807, 2.05) is 30.3 Å². The van der Waals surface area contributed by atoms with E-state index in [4.69, 9.17) is 5.26 Å².